The van der Waals surface area contributed by atoms with Crippen LogP contribution in [0.3, 0.4) is 0 Å². The summed E-state index contributed by atoms with van der Waals surface area (Å²) < 4.78 is 5.36. The SMILES string of the molecule is CC(C)N(Cc1ccccc1)C(=O)c1ccc(NCCN2CCOCC2)nc1. The summed E-state index contributed by atoms with van der Waals surface area (Å²) in [4.78, 5) is 21.6. The van der Waals surface area contributed by atoms with Crippen molar-refractivity contribution in [3.05, 3.63) is 59.8 Å². The zero-order valence-electron chi connectivity index (χ0n) is 16.8. The van der Waals surface area contributed by atoms with Crippen LogP contribution < -0.4 is 5.32 Å². The number of hydrogen-bond donors (Lipinski definition) is 1. The Kier molecular flexibility index (Phi) is 7.39. The quantitative estimate of drug-likeness (QED) is 0.761. The molecule has 0 radical (unpaired) electrons. The lowest BCUT2D eigenvalue weighted by Gasteiger charge is -2.27. The number of amides is 1. The molecule has 1 aromatic carbocycles. The first-order valence-electron chi connectivity index (χ1n) is 9.98. The van der Waals surface area contributed by atoms with Crippen molar-refractivity contribution in [3.63, 3.8) is 0 Å². The Bertz CT molecular complexity index is 728. The Hall–Kier alpha value is -2.44. The number of morpholine rings is 1. The molecule has 1 amide bonds. The third-order valence-corrected chi connectivity index (χ3v) is 4.93. The van der Waals surface area contributed by atoms with Gasteiger partial charge in [0.15, 0.2) is 0 Å². The molecular formula is C22H30N4O2. The summed E-state index contributed by atoms with van der Waals surface area (Å²) in [6.07, 6.45) is 1.67. The molecule has 1 saturated heterocycles. The minimum Gasteiger partial charge on any atom is -0.379 e. The Balaban J connectivity index is 1.55. The van der Waals surface area contributed by atoms with Crippen molar-refractivity contribution in [3.8, 4) is 0 Å². The van der Waals surface area contributed by atoms with Gasteiger partial charge in [-0.15, -0.1) is 0 Å². The predicted octanol–water partition coefficient (Wildman–Crippen LogP) is 2.88. The van der Waals surface area contributed by atoms with Crippen LogP contribution in [0.25, 0.3) is 0 Å². The molecule has 1 aliphatic heterocycles. The van der Waals surface area contributed by atoms with Crippen LogP contribution in [-0.4, -0.2) is 66.1 Å². The molecule has 0 spiro atoms. The normalized spacial score (nSPS) is 14.8. The van der Waals surface area contributed by atoms with E-state index in [2.05, 4.69) is 15.2 Å². The van der Waals surface area contributed by atoms with Gasteiger partial charge in [-0.2, -0.15) is 0 Å². The molecule has 6 heteroatoms. The van der Waals surface area contributed by atoms with E-state index in [-0.39, 0.29) is 11.9 Å². The second-order valence-electron chi connectivity index (χ2n) is 7.33. The molecule has 1 N–H and O–H groups in total. The summed E-state index contributed by atoms with van der Waals surface area (Å²) in [6.45, 7) is 10.0. The standard InChI is InChI=1S/C22H30N4O2/c1-18(2)26(17-19-6-4-3-5-7-19)22(27)20-8-9-21(24-16-20)23-10-11-25-12-14-28-15-13-25/h3-9,16,18H,10-15,17H2,1-2H3,(H,23,24). The third-order valence-electron chi connectivity index (χ3n) is 4.93. The fourth-order valence-electron chi connectivity index (χ4n) is 3.23. The van der Waals surface area contributed by atoms with Crippen molar-refractivity contribution in [1.29, 1.82) is 0 Å². The topological polar surface area (TPSA) is 57.7 Å². The summed E-state index contributed by atoms with van der Waals surface area (Å²) in [5.74, 6) is 0.801. The molecule has 6 nitrogen and oxygen atoms in total. The number of aromatic nitrogens is 1. The lowest BCUT2D eigenvalue weighted by molar-refractivity contribution is 0.0398. The third kappa shape index (κ3) is 5.78. The van der Waals surface area contributed by atoms with Crippen molar-refractivity contribution in [2.45, 2.75) is 26.4 Å². The largest absolute Gasteiger partial charge is 0.379 e. The van der Waals surface area contributed by atoms with E-state index < -0.39 is 0 Å². The molecule has 3 rings (SSSR count). The van der Waals surface area contributed by atoms with Crippen molar-refractivity contribution in [2.75, 3.05) is 44.7 Å². The van der Waals surface area contributed by atoms with Gasteiger partial charge in [0.2, 0.25) is 0 Å². The highest BCUT2D eigenvalue weighted by atomic mass is 16.5. The van der Waals surface area contributed by atoms with E-state index in [1.165, 1.54) is 0 Å². The molecule has 2 aromatic rings. The van der Waals surface area contributed by atoms with Crippen LogP contribution in [0.15, 0.2) is 48.7 Å². The summed E-state index contributed by atoms with van der Waals surface area (Å²) in [7, 11) is 0. The van der Waals surface area contributed by atoms with Gasteiger partial charge in [-0.1, -0.05) is 30.3 Å². The molecule has 1 aliphatic rings. The molecule has 28 heavy (non-hydrogen) atoms. The van der Waals surface area contributed by atoms with Crippen LogP contribution in [-0.2, 0) is 11.3 Å². The summed E-state index contributed by atoms with van der Waals surface area (Å²) in [5.41, 5.74) is 1.74. The molecule has 1 aromatic heterocycles. The zero-order valence-corrected chi connectivity index (χ0v) is 16.8. The second-order valence-corrected chi connectivity index (χ2v) is 7.33. The highest BCUT2D eigenvalue weighted by molar-refractivity contribution is 5.94. The Labute approximate surface area is 167 Å². The zero-order chi connectivity index (χ0) is 19.8. The van der Waals surface area contributed by atoms with E-state index in [1.54, 1.807) is 6.20 Å². The van der Waals surface area contributed by atoms with Gasteiger partial charge in [0.05, 0.1) is 18.8 Å². The first-order valence-corrected chi connectivity index (χ1v) is 9.98. The van der Waals surface area contributed by atoms with Gasteiger partial charge in [-0.05, 0) is 31.5 Å². The first-order chi connectivity index (χ1) is 13.6. The van der Waals surface area contributed by atoms with Gasteiger partial charge in [0.25, 0.3) is 5.91 Å². The number of nitrogens with zero attached hydrogens (tertiary/aromatic N) is 3. The monoisotopic (exact) mass is 382 g/mol. The average molecular weight is 383 g/mol. The molecule has 2 heterocycles. The van der Waals surface area contributed by atoms with Gasteiger partial charge in [-0.25, -0.2) is 4.98 Å². The van der Waals surface area contributed by atoms with Crippen molar-refractivity contribution in [2.24, 2.45) is 0 Å². The maximum Gasteiger partial charge on any atom is 0.255 e. The number of carbonyl (C=O) groups excluding carboxylic acids is 1. The maximum absolute atomic E-state index is 13.0. The number of benzene rings is 1. The smallest absolute Gasteiger partial charge is 0.255 e. The number of hydrogen-bond acceptors (Lipinski definition) is 5. The number of pyridine rings is 1. The van der Waals surface area contributed by atoms with E-state index in [0.717, 1.165) is 50.8 Å². The van der Waals surface area contributed by atoms with Crippen LogP contribution in [0.5, 0.6) is 0 Å². The van der Waals surface area contributed by atoms with E-state index in [1.807, 2.05) is 61.2 Å². The number of ether oxygens (including phenoxy) is 1. The van der Waals surface area contributed by atoms with Crippen molar-refractivity contribution in [1.82, 2.24) is 14.8 Å². The predicted molar refractivity (Wildman–Crippen MR) is 111 cm³/mol. The van der Waals surface area contributed by atoms with Gasteiger partial charge in [-0.3, -0.25) is 9.69 Å². The number of nitrogens with one attached hydrogen (secondary N) is 1. The van der Waals surface area contributed by atoms with Crippen LogP contribution in [0.2, 0.25) is 0 Å². The Morgan fingerprint density at radius 1 is 1.18 bits per heavy atom. The molecule has 150 valence electrons. The average Bonchev–Trinajstić information content (AvgIpc) is 2.73. The van der Waals surface area contributed by atoms with Gasteiger partial charge >= 0.3 is 0 Å². The van der Waals surface area contributed by atoms with Crippen LogP contribution in [0, 0.1) is 0 Å². The second kappa shape index (κ2) is 10.2. The van der Waals surface area contributed by atoms with E-state index in [0.29, 0.717) is 12.1 Å². The van der Waals surface area contributed by atoms with Crippen LogP contribution in [0.4, 0.5) is 5.82 Å². The van der Waals surface area contributed by atoms with Crippen LogP contribution in [0.1, 0.15) is 29.8 Å². The minimum absolute atomic E-state index is 0.00576. The molecule has 0 atom stereocenters. The molecule has 0 aliphatic carbocycles. The van der Waals surface area contributed by atoms with Gasteiger partial charge in [0, 0.05) is 45.0 Å². The van der Waals surface area contributed by atoms with Crippen molar-refractivity contribution >= 4 is 11.7 Å². The minimum atomic E-state index is 0.00576. The Morgan fingerprint density at radius 3 is 2.57 bits per heavy atom. The van der Waals surface area contributed by atoms with Gasteiger partial charge < -0.3 is 15.0 Å². The van der Waals surface area contributed by atoms with Crippen molar-refractivity contribution < 1.29 is 9.53 Å². The fourth-order valence-corrected chi connectivity index (χ4v) is 3.23. The number of carbonyl (C=O) groups is 1. The van der Waals surface area contributed by atoms with Crippen LogP contribution >= 0.6 is 0 Å². The van der Waals surface area contributed by atoms with E-state index >= 15 is 0 Å². The highest BCUT2D eigenvalue weighted by Gasteiger charge is 2.19. The highest BCUT2D eigenvalue weighted by Crippen LogP contribution is 2.14. The molecule has 1 fully saturated rings. The molecular weight excluding hydrogens is 352 g/mol. The first kappa shape index (κ1) is 20.3. The Morgan fingerprint density at radius 2 is 1.93 bits per heavy atom. The summed E-state index contributed by atoms with van der Waals surface area (Å²) >= 11 is 0. The molecule has 0 bridgehead atoms. The number of rotatable bonds is 8. The van der Waals surface area contributed by atoms with E-state index in [9.17, 15) is 4.79 Å². The lowest BCUT2D eigenvalue weighted by Crippen LogP contribution is -2.39. The molecule has 0 unspecified atom stereocenters. The summed E-state index contributed by atoms with van der Waals surface area (Å²) in [6, 6.07) is 13.9. The fraction of sp³-hybridized carbons (Fsp3) is 0.455. The summed E-state index contributed by atoms with van der Waals surface area (Å²) in [5, 5.41) is 3.33. The van der Waals surface area contributed by atoms with E-state index in [4.69, 9.17) is 4.74 Å². The lowest BCUT2D eigenvalue weighted by atomic mass is 10.1. The maximum atomic E-state index is 13.0. The number of anilines is 1. The van der Waals surface area contributed by atoms with Gasteiger partial charge in [0.1, 0.15) is 5.82 Å². The molecule has 0 saturated carbocycles.